The first-order chi connectivity index (χ1) is 9.95. The third-order valence-corrected chi connectivity index (χ3v) is 4.72. The molecule has 0 bridgehead atoms. The molecular formula is C17H17ClO2S. The van der Waals surface area contributed by atoms with Crippen molar-refractivity contribution in [2.45, 2.75) is 19.6 Å². The Morgan fingerprint density at radius 3 is 2.43 bits per heavy atom. The van der Waals surface area contributed by atoms with Crippen LogP contribution in [0.3, 0.4) is 0 Å². The number of carbonyl (C=O) groups excluding carboxylic acids is 1. The summed E-state index contributed by atoms with van der Waals surface area (Å²) < 4.78 is 12.1. The summed E-state index contributed by atoms with van der Waals surface area (Å²) in [5, 5.41) is 0.649. The summed E-state index contributed by atoms with van der Waals surface area (Å²) in [5.74, 6) is 0.351. The number of carbonyl (C=O) groups is 1. The Balaban J connectivity index is 2.03. The van der Waals surface area contributed by atoms with Gasteiger partial charge >= 0.3 is 0 Å². The van der Waals surface area contributed by atoms with E-state index in [0.717, 1.165) is 16.7 Å². The van der Waals surface area contributed by atoms with E-state index >= 15 is 0 Å². The van der Waals surface area contributed by atoms with Crippen molar-refractivity contribution >= 4 is 28.2 Å². The Labute approximate surface area is 132 Å². The number of hydrogen-bond donors (Lipinski definition) is 0. The van der Waals surface area contributed by atoms with Gasteiger partial charge in [-0.2, -0.15) is 0 Å². The van der Waals surface area contributed by atoms with E-state index in [4.69, 9.17) is 11.6 Å². The van der Waals surface area contributed by atoms with Crippen molar-refractivity contribution in [3.8, 4) is 0 Å². The normalized spacial score (nSPS) is 12.1. The van der Waals surface area contributed by atoms with Crippen molar-refractivity contribution in [1.29, 1.82) is 0 Å². The van der Waals surface area contributed by atoms with Crippen molar-refractivity contribution in [1.82, 2.24) is 0 Å². The highest BCUT2D eigenvalue weighted by Crippen LogP contribution is 2.14. The lowest BCUT2D eigenvalue weighted by atomic mass is 10.0. The first-order valence-corrected chi connectivity index (χ1v) is 8.52. The maximum atomic E-state index is 12.3. The lowest BCUT2D eigenvalue weighted by molar-refractivity contribution is 0.102. The Bertz CT molecular complexity index is 678. The molecular weight excluding hydrogens is 304 g/mol. The lowest BCUT2D eigenvalue weighted by Crippen LogP contribution is -2.13. The molecule has 0 saturated carbocycles. The van der Waals surface area contributed by atoms with Gasteiger partial charge in [-0.3, -0.25) is 9.00 Å². The van der Waals surface area contributed by atoms with E-state index in [1.165, 1.54) is 0 Å². The first kappa shape index (κ1) is 15.9. The second kappa shape index (κ2) is 7.01. The molecule has 0 aliphatic rings. The molecule has 0 aliphatic heterocycles. The fourth-order valence-corrected chi connectivity index (χ4v) is 3.32. The van der Waals surface area contributed by atoms with E-state index in [0.29, 0.717) is 16.3 Å². The number of aryl methyl sites for hydroxylation is 2. The average Bonchev–Trinajstić information content (AvgIpc) is 2.44. The highest BCUT2D eigenvalue weighted by atomic mass is 35.5. The molecule has 0 heterocycles. The standard InChI is InChI=1S/C17H17ClO2S/c1-12-3-4-13(2)16(9-12)17(19)11-21(20)10-14-5-7-15(18)8-6-14/h3-9H,10-11H2,1-2H3. The van der Waals surface area contributed by atoms with Crippen LogP contribution in [0.5, 0.6) is 0 Å². The zero-order valence-corrected chi connectivity index (χ0v) is 13.6. The van der Waals surface area contributed by atoms with E-state index in [-0.39, 0.29) is 11.5 Å². The van der Waals surface area contributed by atoms with Gasteiger partial charge in [-0.1, -0.05) is 41.4 Å². The van der Waals surface area contributed by atoms with Crippen LogP contribution in [0.2, 0.25) is 5.02 Å². The molecule has 1 unspecified atom stereocenters. The molecule has 0 radical (unpaired) electrons. The number of benzene rings is 2. The van der Waals surface area contributed by atoms with Crippen LogP contribution in [0, 0.1) is 13.8 Å². The molecule has 0 fully saturated rings. The molecule has 21 heavy (non-hydrogen) atoms. The van der Waals surface area contributed by atoms with Gasteiger partial charge in [0.05, 0.1) is 5.75 Å². The number of Topliss-reactive ketones (excluding diaryl/α,β-unsaturated/α-hetero) is 1. The second-order valence-corrected chi connectivity index (χ2v) is 6.99. The quantitative estimate of drug-likeness (QED) is 0.778. The molecule has 0 saturated heterocycles. The topological polar surface area (TPSA) is 34.1 Å². The van der Waals surface area contributed by atoms with Crippen LogP contribution in [-0.2, 0) is 16.6 Å². The smallest absolute Gasteiger partial charge is 0.175 e. The molecule has 4 heteroatoms. The summed E-state index contributed by atoms with van der Waals surface area (Å²) in [6.45, 7) is 3.84. The molecule has 110 valence electrons. The van der Waals surface area contributed by atoms with Gasteiger partial charge in [0.15, 0.2) is 5.78 Å². The van der Waals surface area contributed by atoms with Gasteiger partial charge in [-0.15, -0.1) is 0 Å². The van der Waals surface area contributed by atoms with Gasteiger partial charge in [0.2, 0.25) is 0 Å². The van der Waals surface area contributed by atoms with Gasteiger partial charge in [-0.25, -0.2) is 0 Å². The molecule has 2 nitrogen and oxygen atoms in total. The third kappa shape index (κ3) is 4.51. The van der Waals surface area contributed by atoms with E-state index in [1.54, 1.807) is 12.1 Å². The number of ketones is 1. The minimum Gasteiger partial charge on any atom is -0.293 e. The van der Waals surface area contributed by atoms with Crippen molar-refractivity contribution in [2.24, 2.45) is 0 Å². The van der Waals surface area contributed by atoms with E-state index < -0.39 is 10.8 Å². The Kier molecular flexibility index (Phi) is 5.32. The highest BCUT2D eigenvalue weighted by Gasteiger charge is 2.13. The van der Waals surface area contributed by atoms with E-state index in [1.807, 2.05) is 44.2 Å². The molecule has 0 aromatic heterocycles. The predicted octanol–water partition coefficient (Wildman–Crippen LogP) is 4.09. The average molecular weight is 321 g/mol. The van der Waals surface area contributed by atoms with Crippen LogP contribution < -0.4 is 0 Å². The van der Waals surface area contributed by atoms with Gasteiger partial charge < -0.3 is 0 Å². The van der Waals surface area contributed by atoms with Crippen molar-refractivity contribution < 1.29 is 9.00 Å². The molecule has 0 amide bonds. The third-order valence-electron chi connectivity index (χ3n) is 3.23. The predicted molar refractivity (Wildman–Crippen MR) is 88.4 cm³/mol. The van der Waals surface area contributed by atoms with Crippen molar-refractivity contribution in [3.05, 3.63) is 69.7 Å². The molecule has 0 spiro atoms. The number of rotatable bonds is 5. The Hall–Kier alpha value is -1.45. The van der Waals surface area contributed by atoms with Crippen molar-refractivity contribution in [3.63, 3.8) is 0 Å². The number of halogens is 1. The zero-order valence-electron chi connectivity index (χ0n) is 12.1. The Morgan fingerprint density at radius 2 is 1.76 bits per heavy atom. The maximum Gasteiger partial charge on any atom is 0.175 e. The minimum atomic E-state index is -1.22. The minimum absolute atomic E-state index is 0.0485. The van der Waals surface area contributed by atoms with Gasteiger partial charge in [0.25, 0.3) is 0 Å². The summed E-state index contributed by atoms with van der Waals surface area (Å²) in [6.07, 6.45) is 0. The van der Waals surface area contributed by atoms with Crippen LogP contribution in [0.1, 0.15) is 27.0 Å². The number of hydrogen-bond acceptors (Lipinski definition) is 2. The molecule has 0 aliphatic carbocycles. The van der Waals surface area contributed by atoms with Gasteiger partial charge in [0.1, 0.15) is 0 Å². The van der Waals surface area contributed by atoms with Gasteiger partial charge in [0, 0.05) is 27.1 Å². The van der Waals surface area contributed by atoms with Crippen LogP contribution in [0.25, 0.3) is 0 Å². The van der Waals surface area contributed by atoms with Gasteiger partial charge in [-0.05, 0) is 43.2 Å². The maximum absolute atomic E-state index is 12.3. The van der Waals surface area contributed by atoms with E-state index in [9.17, 15) is 9.00 Å². The fraction of sp³-hybridized carbons (Fsp3) is 0.235. The summed E-state index contributed by atoms with van der Waals surface area (Å²) in [5.41, 5.74) is 3.55. The summed E-state index contributed by atoms with van der Waals surface area (Å²) >= 11 is 5.81. The first-order valence-electron chi connectivity index (χ1n) is 6.65. The Morgan fingerprint density at radius 1 is 1.10 bits per heavy atom. The molecule has 2 aromatic carbocycles. The van der Waals surface area contributed by atoms with Crippen LogP contribution in [0.15, 0.2) is 42.5 Å². The largest absolute Gasteiger partial charge is 0.293 e. The SMILES string of the molecule is Cc1ccc(C)c(C(=O)CS(=O)Cc2ccc(Cl)cc2)c1. The van der Waals surface area contributed by atoms with Crippen molar-refractivity contribution in [2.75, 3.05) is 5.75 Å². The molecule has 1 atom stereocenters. The molecule has 2 aromatic rings. The monoisotopic (exact) mass is 320 g/mol. The summed E-state index contributed by atoms with van der Waals surface area (Å²) in [7, 11) is -1.22. The zero-order chi connectivity index (χ0) is 15.4. The molecule has 0 N–H and O–H groups in total. The fourth-order valence-electron chi connectivity index (χ4n) is 2.08. The van der Waals surface area contributed by atoms with Crippen LogP contribution in [-0.4, -0.2) is 15.7 Å². The summed E-state index contributed by atoms with van der Waals surface area (Å²) in [6, 6.07) is 12.9. The van der Waals surface area contributed by atoms with E-state index in [2.05, 4.69) is 0 Å². The summed E-state index contributed by atoms with van der Waals surface area (Å²) in [4.78, 5) is 12.3. The molecule has 2 rings (SSSR count). The highest BCUT2D eigenvalue weighted by molar-refractivity contribution is 7.85. The second-order valence-electron chi connectivity index (χ2n) is 5.10. The van der Waals surface area contributed by atoms with Crippen LogP contribution in [0.4, 0.5) is 0 Å². The van der Waals surface area contributed by atoms with Crippen LogP contribution >= 0.6 is 11.6 Å². The lowest BCUT2D eigenvalue weighted by Gasteiger charge is -2.07.